The summed E-state index contributed by atoms with van der Waals surface area (Å²) < 4.78 is 22.2. The standard InChI is InChI=1S/C26H28O4/c1-27-23-11-5-19(6-12-23)3-9-21-17-25-26(30-16-15-29-25)18-22(21)10-4-20-7-13-24(28-2)14-8-20/h5-8,11-14,17-18H,3-4,9-10,15-16H2,1-2H3. The molecule has 0 atom stereocenters. The third kappa shape index (κ3) is 4.88. The first-order valence-electron chi connectivity index (χ1n) is 10.4. The summed E-state index contributed by atoms with van der Waals surface area (Å²) in [7, 11) is 3.39. The molecule has 0 fully saturated rings. The van der Waals surface area contributed by atoms with Crippen LogP contribution in [0.2, 0.25) is 0 Å². The van der Waals surface area contributed by atoms with Gasteiger partial charge in [-0.2, -0.15) is 0 Å². The zero-order valence-corrected chi connectivity index (χ0v) is 17.6. The lowest BCUT2D eigenvalue weighted by Gasteiger charge is -2.21. The summed E-state index contributed by atoms with van der Waals surface area (Å²) in [6.07, 6.45) is 3.86. The van der Waals surface area contributed by atoms with Crippen LogP contribution in [0.5, 0.6) is 23.0 Å². The number of ether oxygens (including phenoxy) is 4. The van der Waals surface area contributed by atoms with Crippen molar-refractivity contribution in [3.05, 3.63) is 82.9 Å². The van der Waals surface area contributed by atoms with Gasteiger partial charge >= 0.3 is 0 Å². The van der Waals surface area contributed by atoms with Crippen molar-refractivity contribution < 1.29 is 18.9 Å². The van der Waals surface area contributed by atoms with E-state index in [4.69, 9.17) is 18.9 Å². The van der Waals surface area contributed by atoms with Gasteiger partial charge in [-0.1, -0.05) is 24.3 Å². The Hall–Kier alpha value is -3.14. The maximum atomic E-state index is 5.83. The van der Waals surface area contributed by atoms with E-state index in [1.807, 2.05) is 24.3 Å². The summed E-state index contributed by atoms with van der Waals surface area (Å²) in [4.78, 5) is 0. The van der Waals surface area contributed by atoms with Crippen LogP contribution < -0.4 is 18.9 Å². The first-order valence-corrected chi connectivity index (χ1v) is 10.4. The quantitative estimate of drug-likeness (QED) is 0.527. The van der Waals surface area contributed by atoms with Gasteiger partial charge in [-0.3, -0.25) is 0 Å². The summed E-state index contributed by atoms with van der Waals surface area (Å²) in [6.45, 7) is 1.21. The molecule has 0 saturated heterocycles. The normalized spacial score (nSPS) is 12.5. The minimum Gasteiger partial charge on any atom is -0.497 e. The van der Waals surface area contributed by atoms with Gasteiger partial charge in [-0.05, 0) is 84.3 Å². The Bertz CT molecular complexity index is 881. The average Bonchev–Trinajstić information content (AvgIpc) is 2.81. The Morgan fingerprint density at radius 3 is 1.37 bits per heavy atom. The molecule has 4 rings (SSSR count). The SMILES string of the molecule is COc1ccc(CCc2cc3c(cc2CCc2ccc(OC)cc2)OCCO3)cc1. The molecule has 4 heteroatoms. The van der Waals surface area contributed by atoms with Gasteiger partial charge in [-0.15, -0.1) is 0 Å². The van der Waals surface area contributed by atoms with Crippen molar-refractivity contribution in [1.82, 2.24) is 0 Å². The molecule has 0 N–H and O–H groups in total. The molecule has 0 aromatic heterocycles. The average molecular weight is 405 g/mol. The minimum atomic E-state index is 0.607. The lowest BCUT2D eigenvalue weighted by Crippen LogP contribution is -2.16. The number of methoxy groups -OCH3 is 2. The van der Waals surface area contributed by atoms with E-state index < -0.39 is 0 Å². The molecular weight excluding hydrogens is 376 g/mol. The smallest absolute Gasteiger partial charge is 0.161 e. The molecule has 3 aromatic rings. The molecule has 1 heterocycles. The monoisotopic (exact) mass is 404 g/mol. The molecular formula is C26H28O4. The number of hydrogen-bond acceptors (Lipinski definition) is 4. The van der Waals surface area contributed by atoms with Crippen LogP contribution in [0.4, 0.5) is 0 Å². The lowest BCUT2D eigenvalue weighted by molar-refractivity contribution is 0.171. The topological polar surface area (TPSA) is 36.9 Å². The van der Waals surface area contributed by atoms with Crippen LogP contribution >= 0.6 is 0 Å². The molecule has 0 unspecified atom stereocenters. The van der Waals surface area contributed by atoms with E-state index in [1.165, 1.54) is 22.3 Å². The first kappa shape index (κ1) is 20.1. The fraction of sp³-hybridized carbons (Fsp3) is 0.308. The second-order valence-corrected chi connectivity index (χ2v) is 7.46. The highest BCUT2D eigenvalue weighted by Crippen LogP contribution is 2.34. The van der Waals surface area contributed by atoms with E-state index in [0.717, 1.165) is 48.7 Å². The van der Waals surface area contributed by atoms with Gasteiger partial charge in [-0.25, -0.2) is 0 Å². The van der Waals surface area contributed by atoms with Crippen molar-refractivity contribution in [3.8, 4) is 23.0 Å². The summed E-state index contributed by atoms with van der Waals surface area (Å²) in [6, 6.07) is 20.9. The molecule has 0 amide bonds. The largest absolute Gasteiger partial charge is 0.497 e. The number of rotatable bonds is 8. The van der Waals surface area contributed by atoms with Crippen molar-refractivity contribution in [2.45, 2.75) is 25.7 Å². The van der Waals surface area contributed by atoms with E-state index in [1.54, 1.807) is 14.2 Å². The first-order chi connectivity index (χ1) is 14.7. The highest BCUT2D eigenvalue weighted by Gasteiger charge is 2.16. The van der Waals surface area contributed by atoms with Crippen LogP contribution in [-0.2, 0) is 25.7 Å². The molecule has 0 radical (unpaired) electrons. The van der Waals surface area contributed by atoms with Gasteiger partial charge in [0.15, 0.2) is 11.5 Å². The second kappa shape index (κ2) is 9.57. The van der Waals surface area contributed by atoms with Gasteiger partial charge in [0.1, 0.15) is 24.7 Å². The number of hydrogen-bond donors (Lipinski definition) is 0. The Labute approximate surface area is 178 Å². The minimum absolute atomic E-state index is 0.607. The third-order valence-electron chi connectivity index (χ3n) is 5.55. The predicted molar refractivity (Wildman–Crippen MR) is 118 cm³/mol. The summed E-state index contributed by atoms with van der Waals surface area (Å²) in [5.74, 6) is 3.50. The van der Waals surface area contributed by atoms with E-state index in [2.05, 4.69) is 36.4 Å². The highest BCUT2D eigenvalue weighted by atomic mass is 16.6. The van der Waals surface area contributed by atoms with Gasteiger partial charge in [0.2, 0.25) is 0 Å². The Morgan fingerprint density at radius 1 is 0.600 bits per heavy atom. The van der Waals surface area contributed by atoms with Crippen molar-refractivity contribution in [2.24, 2.45) is 0 Å². The zero-order valence-electron chi connectivity index (χ0n) is 17.6. The van der Waals surface area contributed by atoms with Crippen LogP contribution in [0.1, 0.15) is 22.3 Å². The number of fused-ring (bicyclic) bond motifs is 1. The van der Waals surface area contributed by atoms with Crippen LogP contribution in [0.15, 0.2) is 60.7 Å². The Morgan fingerprint density at radius 2 is 1.00 bits per heavy atom. The molecule has 0 spiro atoms. The van der Waals surface area contributed by atoms with E-state index >= 15 is 0 Å². The van der Waals surface area contributed by atoms with E-state index in [0.29, 0.717) is 13.2 Å². The highest BCUT2D eigenvalue weighted by molar-refractivity contribution is 5.49. The fourth-order valence-corrected chi connectivity index (χ4v) is 3.78. The fourth-order valence-electron chi connectivity index (χ4n) is 3.78. The second-order valence-electron chi connectivity index (χ2n) is 7.46. The van der Waals surface area contributed by atoms with Gasteiger partial charge in [0.05, 0.1) is 14.2 Å². The molecule has 3 aromatic carbocycles. The third-order valence-corrected chi connectivity index (χ3v) is 5.55. The summed E-state index contributed by atoms with van der Waals surface area (Å²) in [5.41, 5.74) is 5.24. The maximum absolute atomic E-state index is 5.83. The van der Waals surface area contributed by atoms with E-state index in [9.17, 15) is 0 Å². The molecule has 4 nitrogen and oxygen atoms in total. The Balaban J connectivity index is 1.51. The van der Waals surface area contributed by atoms with Crippen LogP contribution in [0, 0.1) is 0 Å². The van der Waals surface area contributed by atoms with Gasteiger partial charge < -0.3 is 18.9 Å². The van der Waals surface area contributed by atoms with Crippen molar-refractivity contribution >= 4 is 0 Å². The maximum Gasteiger partial charge on any atom is 0.161 e. The summed E-state index contributed by atoms with van der Waals surface area (Å²) in [5, 5.41) is 0. The van der Waals surface area contributed by atoms with Crippen LogP contribution in [0.25, 0.3) is 0 Å². The molecule has 30 heavy (non-hydrogen) atoms. The molecule has 0 aliphatic carbocycles. The zero-order chi connectivity index (χ0) is 20.8. The van der Waals surface area contributed by atoms with Crippen molar-refractivity contribution in [3.63, 3.8) is 0 Å². The Kier molecular flexibility index (Phi) is 6.43. The number of benzene rings is 3. The molecule has 1 aliphatic heterocycles. The van der Waals surface area contributed by atoms with Crippen molar-refractivity contribution in [1.29, 1.82) is 0 Å². The van der Waals surface area contributed by atoms with Gasteiger partial charge in [0.25, 0.3) is 0 Å². The van der Waals surface area contributed by atoms with Gasteiger partial charge in [0, 0.05) is 0 Å². The van der Waals surface area contributed by atoms with Crippen LogP contribution in [0.3, 0.4) is 0 Å². The molecule has 1 aliphatic rings. The summed E-state index contributed by atoms with van der Waals surface area (Å²) >= 11 is 0. The predicted octanol–water partition coefficient (Wildman–Crippen LogP) is 5.05. The lowest BCUT2D eigenvalue weighted by atomic mass is 9.94. The van der Waals surface area contributed by atoms with Crippen LogP contribution in [-0.4, -0.2) is 27.4 Å². The molecule has 0 bridgehead atoms. The molecule has 0 saturated carbocycles. The van der Waals surface area contributed by atoms with E-state index in [-0.39, 0.29) is 0 Å². The number of aryl methyl sites for hydroxylation is 4. The van der Waals surface area contributed by atoms with Crippen molar-refractivity contribution in [2.75, 3.05) is 27.4 Å². The molecule has 156 valence electrons.